The van der Waals surface area contributed by atoms with Crippen molar-refractivity contribution in [3.05, 3.63) is 69.2 Å². The molecule has 29 heavy (non-hydrogen) atoms. The number of allylic oxidation sites excluding steroid dienone is 1. The van der Waals surface area contributed by atoms with Gasteiger partial charge in [-0.1, -0.05) is 59.8 Å². The lowest BCUT2D eigenvalue weighted by Crippen LogP contribution is -2.17. The Hall–Kier alpha value is -2.75. The number of hydrogen-bond acceptors (Lipinski definition) is 3. The van der Waals surface area contributed by atoms with E-state index >= 15 is 0 Å². The third-order valence-electron chi connectivity index (χ3n) is 5.27. The molecule has 0 aliphatic carbocycles. The predicted molar refractivity (Wildman–Crippen MR) is 120 cm³/mol. The van der Waals surface area contributed by atoms with E-state index in [1.54, 1.807) is 7.05 Å². The minimum atomic E-state index is -0.346. The highest BCUT2D eigenvalue weighted by molar-refractivity contribution is 5.73. The smallest absolute Gasteiger partial charge is 0.419 e. The van der Waals surface area contributed by atoms with Crippen LogP contribution >= 0.6 is 0 Å². The van der Waals surface area contributed by atoms with Crippen LogP contribution in [0, 0.1) is 0 Å². The van der Waals surface area contributed by atoms with Gasteiger partial charge in [-0.3, -0.25) is 4.57 Å². The molecule has 0 saturated carbocycles. The van der Waals surface area contributed by atoms with Gasteiger partial charge in [0, 0.05) is 18.2 Å². The average molecular weight is 394 g/mol. The molecule has 0 radical (unpaired) electrons. The highest BCUT2D eigenvalue weighted by Gasteiger charge is 2.26. The van der Waals surface area contributed by atoms with Crippen LogP contribution in [0.1, 0.15) is 63.8 Å². The van der Waals surface area contributed by atoms with Gasteiger partial charge in [-0.2, -0.15) is 0 Å². The number of phenolic OH excluding ortho intramolecular Hbond substituents is 1. The molecule has 4 nitrogen and oxygen atoms in total. The number of aromatic nitrogens is 1. The first-order valence-corrected chi connectivity index (χ1v) is 10.0. The van der Waals surface area contributed by atoms with E-state index in [0.717, 1.165) is 34.2 Å². The van der Waals surface area contributed by atoms with E-state index in [1.165, 1.54) is 4.57 Å². The second-order valence-corrected chi connectivity index (χ2v) is 9.80. The zero-order chi connectivity index (χ0) is 21.6. The van der Waals surface area contributed by atoms with Gasteiger partial charge >= 0.3 is 5.76 Å². The highest BCUT2D eigenvalue weighted by atomic mass is 16.4. The van der Waals surface area contributed by atoms with Crippen molar-refractivity contribution in [1.29, 1.82) is 0 Å². The molecule has 0 fully saturated rings. The summed E-state index contributed by atoms with van der Waals surface area (Å²) >= 11 is 0. The van der Waals surface area contributed by atoms with E-state index < -0.39 is 0 Å². The molecule has 0 atom stereocenters. The molecule has 0 aliphatic rings. The van der Waals surface area contributed by atoms with Crippen LogP contribution in [-0.2, 0) is 24.3 Å². The lowest BCUT2D eigenvalue weighted by atomic mass is 9.78. The van der Waals surface area contributed by atoms with Crippen LogP contribution in [0.3, 0.4) is 0 Å². The van der Waals surface area contributed by atoms with Crippen LogP contribution in [-0.4, -0.2) is 9.67 Å². The number of benzene rings is 2. The Balaban J connectivity index is 1.94. The molecule has 1 heterocycles. The molecule has 0 unspecified atom stereocenters. The first-order chi connectivity index (χ1) is 13.4. The van der Waals surface area contributed by atoms with Crippen molar-refractivity contribution >= 4 is 17.2 Å². The molecule has 0 aliphatic heterocycles. The van der Waals surface area contributed by atoms with Crippen molar-refractivity contribution in [1.82, 2.24) is 4.57 Å². The fourth-order valence-electron chi connectivity index (χ4n) is 3.53. The van der Waals surface area contributed by atoms with Crippen LogP contribution in [0.15, 0.2) is 45.6 Å². The molecule has 154 valence electrons. The predicted octanol–water partition coefficient (Wildman–Crippen LogP) is 5.69. The lowest BCUT2D eigenvalue weighted by molar-refractivity contribution is 0.423. The normalized spacial score (nSPS) is 12.9. The molecule has 0 saturated heterocycles. The summed E-state index contributed by atoms with van der Waals surface area (Å²) in [7, 11) is 1.71. The molecular weight excluding hydrogens is 362 g/mol. The number of oxazole rings is 1. The maximum atomic E-state index is 11.7. The Bertz CT molecular complexity index is 1100. The average Bonchev–Trinajstić information content (AvgIpc) is 2.88. The fourth-order valence-corrected chi connectivity index (χ4v) is 3.53. The molecule has 0 bridgehead atoms. The van der Waals surface area contributed by atoms with Gasteiger partial charge in [-0.15, -0.1) is 0 Å². The van der Waals surface area contributed by atoms with Gasteiger partial charge in [-0.25, -0.2) is 4.79 Å². The third kappa shape index (κ3) is 4.31. The second kappa shape index (κ2) is 7.25. The van der Waals surface area contributed by atoms with Crippen molar-refractivity contribution in [2.24, 2.45) is 7.05 Å². The Kier molecular flexibility index (Phi) is 5.24. The summed E-state index contributed by atoms with van der Waals surface area (Å²) in [5.74, 6) is 0.0506. The summed E-state index contributed by atoms with van der Waals surface area (Å²) < 4.78 is 6.72. The molecule has 2 aromatic carbocycles. The maximum Gasteiger partial charge on any atom is 0.419 e. The Morgan fingerprint density at radius 2 is 1.59 bits per heavy atom. The number of rotatable bonds is 3. The topological polar surface area (TPSA) is 55.4 Å². The van der Waals surface area contributed by atoms with Crippen molar-refractivity contribution in [3.8, 4) is 5.75 Å². The lowest BCUT2D eigenvalue weighted by Gasteiger charge is -2.27. The van der Waals surface area contributed by atoms with Gasteiger partial charge in [0.1, 0.15) is 5.75 Å². The van der Waals surface area contributed by atoms with E-state index in [2.05, 4.69) is 65.8 Å². The van der Waals surface area contributed by atoms with Crippen molar-refractivity contribution < 1.29 is 9.52 Å². The number of fused-ring (bicyclic) bond motifs is 1. The summed E-state index contributed by atoms with van der Waals surface area (Å²) in [6.45, 7) is 12.7. The molecule has 0 amide bonds. The molecule has 1 N–H and O–H groups in total. The molecule has 4 heteroatoms. The van der Waals surface area contributed by atoms with Crippen molar-refractivity contribution in [3.63, 3.8) is 0 Å². The summed E-state index contributed by atoms with van der Waals surface area (Å²) in [5.41, 5.74) is 5.21. The molecule has 1 aromatic heterocycles. The number of aromatic hydroxyl groups is 1. The highest BCUT2D eigenvalue weighted by Crippen LogP contribution is 2.40. The SMILES string of the molecule is Cn1c(=O)oc2ccc(CC=Cc3cc(C(C)(C)C)c(O)c(C(C)(C)C)c3)cc21. The second-order valence-electron chi connectivity index (χ2n) is 9.80. The van der Waals surface area contributed by atoms with Crippen LogP contribution in [0.5, 0.6) is 5.75 Å². The van der Waals surface area contributed by atoms with Crippen LogP contribution in [0.4, 0.5) is 0 Å². The first-order valence-electron chi connectivity index (χ1n) is 10.0. The molecular formula is C25H31NO3. The maximum absolute atomic E-state index is 11.7. The molecule has 0 spiro atoms. The van der Waals surface area contributed by atoms with Crippen LogP contribution in [0.25, 0.3) is 17.2 Å². The summed E-state index contributed by atoms with van der Waals surface area (Å²) in [6, 6.07) is 9.96. The van der Waals surface area contributed by atoms with E-state index in [4.69, 9.17) is 4.42 Å². The zero-order valence-electron chi connectivity index (χ0n) is 18.5. The standard InChI is InChI=1S/C25H31NO3/c1-24(2,3)18-13-17(14-19(22(18)27)25(4,5)6)10-8-9-16-11-12-21-20(15-16)26(7)23(28)29-21/h8,10-15,27H,9H2,1-7H3. The monoisotopic (exact) mass is 393 g/mol. The quantitative estimate of drug-likeness (QED) is 0.622. The number of aryl methyl sites for hydroxylation is 1. The summed E-state index contributed by atoms with van der Waals surface area (Å²) in [4.78, 5) is 11.7. The largest absolute Gasteiger partial charge is 0.507 e. The minimum Gasteiger partial charge on any atom is -0.507 e. The Morgan fingerprint density at radius 1 is 1.00 bits per heavy atom. The number of phenols is 1. The van der Waals surface area contributed by atoms with Gasteiger partial charge in [0.2, 0.25) is 0 Å². The van der Waals surface area contributed by atoms with Gasteiger partial charge in [0.05, 0.1) is 5.52 Å². The molecule has 3 aromatic rings. The zero-order valence-corrected chi connectivity index (χ0v) is 18.5. The van der Waals surface area contributed by atoms with Gasteiger partial charge in [0.25, 0.3) is 0 Å². The molecule has 3 rings (SSSR count). The van der Waals surface area contributed by atoms with Crippen molar-refractivity contribution in [2.75, 3.05) is 0 Å². The van der Waals surface area contributed by atoms with E-state index in [9.17, 15) is 9.90 Å². The Labute approximate surface area is 172 Å². The Morgan fingerprint density at radius 3 is 2.14 bits per heavy atom. The van der Waals surface area contributed by atoms with Crippen LogP contribution < -0.4 is 5.76 Å². The minimum absolute atomic E-state index is 0.148. The van der Waals surface area contributed by atoms with Crippen LogP contribution in [0.2, 0.25) is 0 Å². The summed E-state index contributed by atoms with van der Waals surface area (Å²) in [6.07, 6.45) is 4.96. The number of hydrogen-bond donors (Lipinski definition) is 1. The summed E-state index contributed by atoms with van der Waals surface area (Å²) in [5, 5.41) is 10.9. The third-order valence-corrected chi connectivity index (χ3v) is 5.27. The number of nitrogens with zero attached hydrogens (tertiary/aromatic N) is 1. The first kappa shape index (κ1) is 21.0. The van der Waals surface area contributed by atoms with Gasteiger partial charge < -0.3 is 9.52 Å². The van der Waals surface area contributed by atoms with E-state index in [-0.39, 0.29) is 16.6 Å². The van der Waals surface area contributed by atoms with Gasteiger partial charge in [-0.05, 0) is 52.6 Å². The fraction of sp³-hybridized carbons (Fsp3) is 0.400. The van der Waals surface area contributed by atoms with E-state index in [1.807, 2.05) is 18.2 Å². The van der Waals surface area contributed by atoms with E-state index in [0.29, 0.717) is 11.3 Å². The van der Waals surface area contributed by atoms with Gasteiger partial charge in [0.15, 0.2) is 5.58 Å². The van der Waals surface area contributed by atoms with Crippen molar-refractivity contribution in [2.45, 2.75) is 58.8 Å².